The van der Waals surface area contributed by atoms with Crippen molar-refractivity contribution in [2.75, 3.05) is 0 Å². The van der Waals surface area contributed by atoms with Gasteiger partial charge in [0.2, 0.25) is 6.33 Å². The van der Waals surface area contributed by atoms with Gasteiger partial charge in [0, 0.05) is 4.88 Å². The summed E-state index contributed by atoms with van der Waals surface area (Å²) < 4.78 is 39.5. The second kappa shape index (κ2) is 12.4. The summed E-state index contributed by atoms with van der Waals surface area (Å²) in [4.78, 5) is 10.5. The molecule has 8 heteroatoms. The van der Waals surface area contributed by atoms with Crippen LogP contribution in [0.1, 0.15) is 50.3 Å². The molecule has 0 N–H and O–H groups in total. The van der Waals surface area contributed by atoms with Crippen LogP contribution in [0, 0.1) is 0 Å². The van der Waals surface area contributed by atoms with Gasteiger partial charge in [-0.3, -0.25) is 4.79 Å². The SMILES string of the molecule is CCCCCCCCn1cc[n+](C)c1.O=C(C=C([O-])c1cccs1)C(F)(F)F. The van der Waals surface area contributed by atoms with Gasteiger partial charge in [0.1, 0.15) is 12.4 Å². The highest BCUT2D eigenvalue weighted by Crippen LogP contribution is 2.20. The summed E-state index contributed by atoms with van der Waals surface area (Å²) in [7, 11) is 2.07. The zero-order chi connectivity index (χ0) is 21.0. The molecular weight excluding hydrogens is 389 g/mol. The Kier molecular flexibility index (Phi) is 10.6. The number of rotatable bonds is 9. The van der Waals surface area contributed by atoms with Gasteiger partial charge < -0.3 is 5.11 Å². The Morgan fingerprint density at radius 2 is 1.93 bits per heavy atom. The average Bonchev–Trinajstić information content (AvgIpc) is 3.29. The molecule has 0 fully saturated rings. The van der Waals surface area contributed by atoms with Gasteiger partial charge in [-0.05, 0) is 30.4 Å². The molecule has 2 heterocycles. The molecule has 0 aliphatic rings. The summed E-state index contributed by atoms with van der Waals surface area (Å²) in [6.07, 6.45) is 9.72. The van der Waals surface area contributed by atoms with E-state index >= 15 is 0 Å². The molecule has 0 atom stereocenters. The predicted octanol–water partition coefficient (Wildman–Crippen LogP) is 4.25. The molecule has 0 unspecified atom stereocenters. The molecule has 0 amide bonds. The number of hydrogen-bond donors (Lipinski definition) is 0. The third-order valence-electron chi connectivity index (χ3n) is 3.90. The van der Waals surface area contributed by atoms with Gasteiger partial charge in [-0.1, -0.05) is 44.4 Å². The number of ketones is 1. The zero-order valence-electron chi connectivity index (χ0n) is 16.2. The number of unbranched alkanes of at least 4 members (excludes halogenated alkanes) is 5. The number of carbonyl (C=O) groups excluding carboxylic acids is 1. The van der Waals surface area contributed by atoms with Crippen molar-refractivity contribution in [3.8, 4) is 0 Å². The monoisotopic (exact) mass is 416 g/mol. The summed E-state index contributed by atoms with van der Waals surface area (Å²) >= 11 is 0.983. The maximum atomic E-state index is 11.7. The topological polar surface area (TPSA) is 48.9 Å². The van der Waals surface area contributed by atoms with Crippen LogP contribution in [0.2, 0.25) is 0 Å². The van der Waals surface area contributed by atoms with E-state index < -0.39 is 17.7 Å². The Morgan fingerprint density at radius 1 is 1.25 bits per heavy atom. The standard InChI is InChI=1S/C12H23N2.C8H5F3O2S/c1-3-4-5-6-7-8-9-14-11-10-13(2)12-14;9-8(10,11)7(13)4-5(12)6-2-1-3-14-6/h10-12H,3-9H2,1-2H3;1-4,12H/q+1;/p-1. The normalized spacial score (nSPS) is 11.8. The van der Waals surface area contributed by atoms with E-state index in [4.69, 9.17) is 0 Å². The lowest BCUT2D eigenvalue weighted by atomic mass is 10.1. The first-order valence-corrected chi connectivity index (χ1v) is 10.2. The maximum Gasteiger partial charge on any atom is 0.454 e. The second-order valence-corrected chi connectivity index (χ2v) is 7.38. The smallest absolute Gasteiger partial charge is 0.454 e. The summed E-state index contributed by atoms with van der Waals surface area (Å²) in [5, 5.41) is 12.5. The Morgan fingerprint density at radius 3 is 2.46 bits per heavy atom. The quantitative estimate of drug-likeness (QED) is 0.266. The lowest BCUT2D eigenvalue weighted by Gasteiger charge is -2.09. The Labute approximate surface area is 167 Å². The molecule has 0 radical (unpaired) electrons. The van der Waals surface area contributed by atoms with Gasteiger partial charge in [0.25, 0.3) is 5.78 Å². The molecule has 2 rings (SSSR count). The van der Waals surface area contributed by atoms with Crippen LogP contribution in [0.5, 0.6) is 0 Å². The van der Waals surface area contributed by atoms with Crippen molar-refractivity contribution in [2.45, 2.75) is 58.2 Å². The predicted molar refractivity (Wildman–Crippen MR) is 102 cm³/mol. The van der Waals surface area contributed by atoms with E-state index in [9.17, 15) is 23.1 Å². The maximum absolute atomic E-state index is 11.7. The van der Waals surface area contributed by atoms with Crippen LogP contribution in [0.25, 0.3) is 5.76 Å². The van der Waals surface area contributed by atoms with Crippen molar-refractivity contribution < 1.29 is 27.6 Å². The number of thiophene rings is 1. The molecule has 0 saturated heterocycles. The zero-order valence-corrected chi connectivity index (χ0v) is 17.1. The molecule has 0 aliphatic carbocycles. The van der Waals surface area contributed by atoms with Crippen LogP contribution in [0.3, 0.4) is 0 Å². The number of aryl methyl sites for hydroxylation is 2. The van der Waals surface area contributed by atoms with Crippen LogP contribution >= 0.6 is 11.3 Å². The molecule has 2 aromatic heterocycles. The minimum absolute atomic E-state index is 0.0613. The van der Waals surface area contributed by atoms with Crippen LogP contribution in [-0.4, -0.2) is 16.5 Å². The fraction of sp³-hybridized carbons (Fsp3) is 0.500. The van der Waals surface area contributed by atoms with Crippen LogP contribution in [0.4, 0.5) is 13.2 Å². The van der Waals surface area contributed by atoms with Gasteiger partial charge >= 0.3 is 6.18 Å². The number of aromatic nitrogens is 2. The van der Waals surface area contributed by atoms with Crippen molar-refractivity contribution in [1.29, 1.82) is 0 Å². The number of hydrogen-bond acceptors (Lipinski definition) is 3. The van der Waals surface area contributed by atoms with E-state index in [1.54, 1.807) is 5.38 Å². The fourth-order valence-electron chi connectivity index (χ4n) is 2.40. The minimum Gasteiger partial charge on any atom is -0.871 e. The first-order valence-electron chi connectivity index (χ1n) is 9.28. The summed E-state index contributed by atoms with van der Waals surface area (Å²) in [6.45, 7) is 3.44. The molecule has 2 aromatic rings. The Balaban J connectivity index is 0.000000280. The van der Waals surface area contributed by atoms with Crippen LogP contribution < -0.4 is 9.67 Å². The lowest BCUT2D eigenvalue weighted by molar-refractivity contribution is -0.671. The fourth-order valence-corrected chi connectivity index (χ4v) is 3.04. The third-order valence-corrected chi connectivity index (χ3v) is 4.78. The number of halogens is 3. The van der Waals surface area contributed by atoms with Crippen LogP contribution in [-0.2, 0) is 18.4 Å². The van der Waals surface area contributed by atoms with Crippen LogP contribution in [0.15, 0.2) is 42.3 Å². The van der Waals surface area contributed by atoms with Gasteiger partial charge in [0.15, 0.2) is 0 Å². The first kappa shape index (κ1) is 23.9. The van der Waals surface area contributed by atoms with Crippen molar-refractivity contribution in [1.82, 2.24) is 4.57 Å². The number of carbonyl (C=O) groups is 1. The molecule has 4 nitrogen and oxygen atoms in total. The molecule has 0 bridgehead atoms. The van der Waals surface area contributed by atoms with Gasteiger partial charge in [-0.2, -0.15) is 13.2 Å². The van der Waals surface area contributed by atoms with E-state index in [1.807, 2.05) is 0 Å². The highest BCUT2D eigenvalue weighted by molar-refractivity contribution is 7.11. The number of nitrogens with zero attached hydrogens (tertiary/aromatic N) is 2. The van der Waals surface area contributed by atoms with Crippen molar-refractivity contribution in [3.63, 3.8) is 0 Å². The summed E-state index contributed by atoms with van der Waals surface area (Å²) in [5.41, 5.74) is 0. The second-order valence-electron chi connectivity index (χ2n) is 6.43. The van der Waals surface area contributed by atoms with E-state index in [1.165, 1.54) is 57.2 Å². The van der Waals surface area contributed by atoms with Crippen molar-refractivity contribution in [2.24, 2.45) is 7.05 Å². The minimum atomic E-state index is -4.98. The van der Waals surface area contributed by atoms with Crippen molar-refractivity contribution >= 4 is 22.9 Å². The molecular formula is C20H27F3N2O2S. The average molecular weight is 417 g/mol. The highest BCUT2D eigenvalue weighted by Gasteiger charge is 2.36. The van der Waals surface area contributed by atoms with Crippen molar-refractivity contribution in [3.05, 3.63) is 47.2 Å². The summed E-state index contributed by atoms with van der Waals surface area (Å²) in [6, 6.07) is 2.87. The number of imidazole rings is 1. The Bertz CT molecular complexity index is 722. The van der Waals surface area contributed by atoms with E-state index in [0.717, 1.165) is 11.3 Å². The highest BCUT2D eigenvalue weighted by atomic mass is 32.1. The number of allylic oxidation sites excluding steroid dienone is 1. The Hall–Kier alpha value is -2.09. The molecule has 0 saturated carbocycles. The van der Waals surface area contributed by atoms with Gasteiger partial charge in [0.05, 0.1) is 13.6 Å². The van der Waals surface area contributed by atoms with Gasteiger partial charge in [-0.25, -0.2) is 9.13 Å². The van der Waals surface area contributed by atoms with E-state index in [2.05, 4.69) is 41.8 Å². The first-order chi connectivity index (χ1) is 13.2. The van der Waals surface area contributed by atoms with E-state index in [0.29, 0.717) is 0 Å². The lowest BCUT2D eigenvalue weighted by Crippen LogP contribution is -2.23. The molecule has 0 aromatic carbocycles. The molecule has 156 valence electrons. The van der Waals surface area contributed by atoms with E-state index in [-0.39, 0.29) is 11.0 Å². The third kappa shape index (κ3) is 9.73. The van der Waals surface area contributed by atoms with Gasteiger partial charge in [-0.15, -0.1) is 11.3 Å². The largest absolute Gasteiger partial charge is 0.871 e. The summed E-state index contributed by atoms with van der Waals surface area (Å²) in [5.74, 6) is -3.04. The molecule has 0 spiro atoms. The number of alkyl halides is 3. The molecule has 0 aliphatic heterocycles. The molecule has 28 heavy (non-hydrogen) atoms.